The van der Waals surface area contributed by atoms with E-state index < -0.39 is 11.9 Å². The molecule has 2 unspecified atom stereocenters. The van der Waals surface area contributed by atoms with Crippen molar-refractivity contribution in [3.05, 3.63) is 0 Å². The maximum atomic E-state index is 11.9. The first-order valence-electron chi connectivity index (χ1n) is 7.05. The Morgan fingerprint density at radius 1 is 1.15 bits per heavy atom. The van der Waals surface area contributed by atoms with Gasteiger partial charge in [-0.3, -0.25) is 9.59 Å². The lowest BCUT2D eigenvalue weighted by atomic mass is 10.0. The fraction of sp³-hybridized carbons (Fsp3) is 0.769. The molecule has 0 spiro atoms. The van der Waals surface area contributed by atoms with Gasteiger partial charge in [0.1, 0.15) is 0 Å². The molecular weight excluding hydrogens is 262 g/mol. The summed E-state index contributed by atoms with van der Waals surface area (Å²) in [5.41, 5.74) is 0. The van der Waals surface area contributed by atoms with Gasteiger partial charge in [0.2, 0.25) is 5.91 Å². The van der Waals surface area contributed by atoms with Crippen LogP contribution >= 0.6 is 0 Å². The average Bonchev–Trinajstić information content (AvgIpc) is 3.17. The number of rotatable bonds is 5. The van der Waals surface area contributed by atoms with E-state index in [0.29, 0.717) is 26.1 Å². The van der Waals surface area contributed by atoms with Crippen LogP contribution in [0.5, 0.6) is 0 Å². The van der Waals surface area contributed by atoms with Crippen LogP contribution in [0.3, 0.4) is 0 Å². The third-order valence-electron chi connectivity index (χ3n) is 3.98. The second-order valence-corrected chi connectivity index (χ2v) is 5.46. The first-order valence-corrected chi connectivity index (χ1v) is 7.05. The predicted octanol–water partition coefficient (Wildman–Crippen LogP) is 0.0172. The second-order valence-electron chi connectivity index (χ2n) is 5.46. The Balaban J connectivity index is 1.67. The van der Waals surface area contributed by atoms with E-state index in [0.717, 1.165) is 12.8 Å². The van der Waals surface area contributed by atoms with Gasteiger partial charge in [0, 0.05) is 31.6 Å². The molecule has 112 valence electrons. The van der Waals surface area contributed by atoms with Crippen LogP contribution < -0.4 is 10.6 Å². The SMILES string of the molecule is CC1C(C(=O)O)CCN1C(=O)NCCNC(=O)C1CC1. The minimum atomic E-state index is -0.857. The normalized spacial score (nSPS) is 25.4. The first-order chi connectivity index (χ1) is 9.50. The van der Waals surface area contributed by atoms with Gasteiger partial charge in [-0.25, -0.2) is 4.79 Å². The number of hydrogen-bond donors (Lipinski definition) is 3. The van der Waals surface area contributed by atoms with Crippen LogP contribution in [0.2, 0.25) is 0 Å². The van der Waals surface area contributed by atoms with Crippen molar-refractivity contribution in [3.63, 3.8) is 0 Å². The lowest BCUT2D eigenvalue weighted by molar-refractivity contribution is -0.142. The topological polar surface area (TPSA) is 98.7 Å². The van der Waals surface area contributed by atoms with E-state index in [1.165, 1.54) is 0 Å². The van der Waals surface area contributed by atoms with E-state index in [1.54, 1.807) is 11.8 Å². The minimum absolute atomic E-state index is 0.0553. The Morgan fingerprint density at radius 3 is 2.35 bits per heavy atom. The molecule has 7 heteroatoms. The highest BCUT2D eigenvalue weighted by molar-refractivity contribution is 5.81. The van der Waals surface area contributed by atoms with Gasteiger partial charge in [-0.15, -0.1) is 0 Å². The number of nitrogens with one attached hydrogen (secondary N) is 2. The molecule has 2 rings (SSSR count). The molecule has 3 N–H and O–H groups in total. The van der Waals surface area contributed by atoms with Gasteiger partial charge in [-0.1, -0.05) is 0 Å². The Kier molecular flexibility index (Phi) is 4.46. The molecule has 2 atom stereocenters. The minimum Gasteiger partial charge on any atom is -0.481 e. The molecule has 0 bridgehead atoms. The smallest absolute Gasteiger partial charge is 0.317 e. The van der Waals surface area contributed by atoms with Crippen LogP contribution in [0.25, 0.3) is 0 Å². The number of carboxylic acid groups (broad SMARTS) is 1. The number of likely N-dealkylation sites (tertiary alicyclic amines) is 1. The Hall–Kier alpha value is -1.79. The summed E-state index contributed by atoms with van der Waals surface area (Å²) in [6, 6.07) is -0.560. The van der Waals surface area contributed by atoms with Gasteiger partial charge in [0.25, 0.3) is 0 Å². The Bertz CT molecular complexity index is 408. The van der Waals surface area contributed by atoms with E-state index in [2.05, 4.69) is 10.6 Å². The van der Waals surface area contributed by atoms with E-state index in [1.807, 2.05) is 0 Å². The largest absolute Gasteiger partial charge is 0.481 e. The number of hydrogen-bond acceptors (Lipinski definition) is 3. The Labute approximate surface area is 117 Å². The average molecular weight is 283 g/mol. The number of carboxylic acids is 1. The molecule has 2 aliphatic rings. The zero-order chi connectivity index (χ0) is 14.7. The maximum absolute atomic E-state index is 11.9. The summed E-state index contributed by atoms with van der Waals surface area (Å²) in [6.07, 6.45) is 2.41. The lowest BCUT2D eigenvalue weighted by Crippen LogP contribution is -2.46. The fourth-order valence-electron chi connectivity index (χ4n) is 2.50. The van der Waals surface area contributed by atoms with Crippen LogP contribution in [0.1, 0.15) is 26.2 Å². The van der Waals surface area contributed by atoms with Crippen molar-refractivity contribution in [1.82, 2.24) is 15.5 Å². The molecule has 1 saturated carbocycles. The summed E-state index contributed by atoms with van der Waals surface area (Å²) >= 11 is 0. The van der Waals surface area contributed by atoms with Gasteiger partial charge in [0.05, 0.1) is 5.92 Å². The third-order valence-corrected chi connectivity index (χ3v) is 3.98. The molecule has 0 aromatic rings. The highest BCUT2D eigenvalue weighted by Gasteiger charge is 2.38. The highest BCUT2D eigenvalue weighted by Crippen LogP contribution is 2.28. The van der Waals surface area contributed by atoms with Crippen LogP contribution in [0.4, 0.5) is 4.79 Å². The number of carbonyl (C=O) groups is 3. The monoisotopic (exact) mass is 283 g/mol. The quantitative estimate of drug-likeness (QED) is 0.619. The van der Waals surface area contributed by atoms with Gasteiger partial charge >= 0.3 is 12.0 Å². The molecule has 1 heterocycles. The molecule has 20 heavy (non-hydrogen) atoms. The molecular formula is C13H21N3O4. The van der Waals surface area contributed by atoms with Crippen LogP contribution in [0.15, 0.2) is 0 Å². The van der Waals surface area contributed by atoms with Crippen molar-refractivity contribution in [2.24, 2.45) is 11.8 Å². The van der Waals surface area contributed by atoms with Crippen molar-refractivity contribution < 1.29 is 19.5 Å². The molecule has 7 nitrogen and oxygen atoms in total. The molecule has 0 radical (unpaired) electrons. The zero-order valence-corrected chi connectivity index (χ0v) is 11.6. The predicted molar refractivity (Wildman–Crippen MR) is 71.0 cm³/mol. The Morgan fingerprint density at radius 2 is 1.80 bits per heavy atom. The summed E-state index contributed by atoms with van der Waals surface area (Å²) in [4.78, 5) is 35.8. The summed E-state index contributed by atoms with van der Waals surface area (Å²) in [7, 11) is 0. The number of urea groups is 1. The van der Waals surface area contributed by atoms with Crippen LogP contribution in [-0.2, 0) is 9.59 Å². The summed E-state index contributed by atoms with van der Waals surface area (Å²) in [6.45, 7) is 2.97. The van der Waals surface area contributed by atoms with E-state index >= 15 is 0 Å². The molecule has 1 saturated heterocycles. The first kappa shape index (κ1) is 14.6. The zero-order valence-electron chi connectivity index (χ0n) is 11.6. The van der Waals surface area contributed by atoms with Crippen molar-refractivity contribution in [3.8, 4) is 0 Å². The number of aliphatic carboxylic acids is 1. The standard InChI is InChI=1S/C13H21N3O4/c1-8-10(12(18)19)4-7-16(8)13(20)15-6-5-14-11(17)9-2-3-9/h8-10H,2-7H2,1H3,(H,14,17)(H,15,20)(H,18,19). The summed E-state index contributed by atoms with van der Waals surface area (Å²) < 4.78 is 0. The maximum Gasteiger partial charge on any atom is 0.317 e. The van der Waals surface area contributed by atoms with Crippen molar-refractivity contribution in [2.45, 2.75) is 32.2 Å². The van der Waals surface area contributed by atoms with Crippen molar-refractivity contribution in [2.75, 3.05) is 19.6 Å². The van der Waals surface area contributed by atoms with Gasteiger partial charge in [0.15, 0.2) is 0 Å². The molecule has 3 amide bonds. The number of carbonyl (C=O) groups excluding carboxylic acids is 2. The van der Waals surface area contributed by atoms with Crippen molar-refractivity contribution >= 4 is 17.9 Å². The van der Waals surface area contributed by atoms with Gasteiger partial charge < -0.3 is 20.6 Å². The fourth-order valence-corrected chi connectivity index (χ4v) is 2.50. The molecule has 1 aliphatic heterocycles. The van der Waals surface area contributed by atoms with E-state index in [4.69, 9.17) is 5.11 Å². The summed E-state index contributed by atoms with van der Waals surface area (Å²) in [5.74, 6) is -1.12. The van der Waals surface area contributed by atoms with Crippen molar-refractivity contribution in [1.29, 1.82) is 0 Å². The lowest BCUT2D eigenvalue weighted by Gasteiger charge is -2.23. The van der Waals surface area contributed by atoms with Gasteiger partial charge in [-0.05, 0) is 26.2 Å². The molecule has 0 aromatic heterocycles. The van der Waals surface area contributed by atoms with Crippen LogP contribution in [-0.4, -0.2) is 53.6 Å². The third kappa shape index (κ3) is 3.40. The number of amides is 3. The van der Waals surface area contributed by atoms with Crippen LogP contribution in [0, 0.1) is 11.8 Å². The van der Waals surface area contributed by atoms with E-state index in [-0.39, 0.29) is 23.9 Å². The molecule has 2 fully saturated rings. The molecule has 0 aromatic carbocycles. The number of nitrogens with zero attached hydrogens (tertiary/aromatic N) is 1. The highest BCUT2D eigenvalue weighted by atomic mass is 16.4. The van der Waals surface area contributed by atoms with Gasteiger partial charge in [-0.2, -0.15) is 0 Å². The van der Waals surface area contributed by atoms with E-state index in [9.17, 15) is 14.4 Å². The summed E-state index contributed by atoms with van der Waals surface area (Å²) in [5, 5.41) is 14.5. The molecule has 1 aliphatic carbocycles. The second kappa shape index (κ2) is 6.11.